The Labute approximate surface area is 125 Å². The van der Waals surface area contributed by atoms with E-state index in [1.54, 1.807) is 18.6 Å². The molecule has 0 aliphatic rings. The van der Waals surface area contributed by atoms with Crippen LogP contribution in [0.25, 0.3) is 22.6 Å². The lowest BCUT2D eigenvalue weighted by molar-refractivity contribution is 1.20. The molecular weight excluding hydrogens is 314 g/mol. The third-order valence-electron chi connectivity index (χ3n) is 3.01. The van der Waals surface area contributed by atoms with Crippen molar-refractivity contribution in [3.63, 3.8) is 0 Å². The van der Waals surface area contributed by atoms with Gasteiger partial charge in [0.1, 0.15) is 0 Å². The molecule has 20 heavy (non-hydrogen) atoms. The summed E-state index contributed by atoms with van der Waals surface area (Å²) in [7, 11) is 0. The van der Waals surface area contributed by atoms with E-state index in [0.29, 0.717) is 0 Å². The molecule has 0 radical (unpaired) electrons. The van der Waals surface area contributed by atoms with Crippen molar-refractivity contribution in [1.29, 1.82) is 0 Å². The fraction of sp³-hybridized carbons (Fsp3) is 0.0625. The topological polar surface area (TPSA) is 38.7 Å². The maximum atomic E-state index is 4.51. The van der Waals surface area contributed by atoms with Gasteiger partial charge in [0, 0.05) is 29.5 Å². The second-order valence-electron chi connectivity index (χ2n) is 4.26. The smallest absolute Gasteiger partial charge is 0.0983 e. The van der Waals surface area contributed by atoms with Gasteiger partial charge in [-0.3, -0.25) is 15.0 Å². The van der Waals surface area contributed by atoms with Crippen LogP contribution in [0.5, 0.6) is 0 Å². The second-order valence-corrected chi connectivity index (χ2v) is 4.82. The molecular formula is C16H12BrN3. The van der Waals surface area contributed by atoms with Gasteiger partial charge in [-0.1, -0.05) is 28.1 Å². The van der Waals surface area contributed by atoms with Crippen molar-refractivity contribution < 1.29 is 0 Å². The lowest BCUT2D eigenvalue weighted by atomic mass is 10.0. The summed E-state index contributed by atoms with van der Waals surface area (Å²) in [4.78, 5) is 13.4. The van der Waals surface area contributed by atoms with Crippen LogP contribution in [0.1, 0.15) is 5.56 Å². The zero-order valence-electron chi connectivity index (χ0n) is 10.7. The minimum Gasteiger partial charge on any atom is -0.256 e. The summed E-state index contributed by atoms with van der Waals surface area (Å²) < 4.78 is 0. The van der Waals surface area contributed by atoms with Crippen molar-refractivity contribution >= 4 is 15.9 Å². The molecule has 0 aliphatic heterocycles. The number of hydrogen-bond acceptors (Lipinski definition) is 3. The molecule has 0 unspecified atom stereocenters. The number of hydrogen-bond donors (Lipinski definition) is 0. The highest BCUT2D eigenvalue weighted by Crippen LogP contribution is 2.30. The predicted molar refractivity (Wildman–Crippen MR) is 83.3 cm³/mol. The largest absolute Gasteiger partial charge is 0.256 e. The van der Waals surface area contributed by atoms with Gasteiger partial charge in [-0.2, -0.15) is 0 Å². The molecule has 0 atom stereocenters. The molecule has 0 aliphatic carbocycles. The first kappa shape index (κ1) is 12.9. The summed E-state index contributed by atoms with van der Waals surface area (Å²) in [5, 5.41) is 0.744. The Hall–Kier alpha value is -2.07. The van der Waals surface area contributed by atoms with Gasteiger partial charge >= 0.3 is 0 Å². The highest BCUT2D eigenvalue weighted by atomic mass is 79.9. The first-order valence-corrected chi connectivity index (χ1v) is 7.39. The summed E-state index contributed by atoms with van der Waals surface area (Å²) in [6, 6.07) is 13.8. The number of alkyl halides is 1. The van der Waals surface area contributed by atoms with Crippen LogP contribution in [0.3, 0.4) is 0 Å². The van der Waals surface area contributed by atoms with Gasteiger partial charge < -0.3 is 0 Å². The maximum absolute atomic E-state index is 4.51. The molecule has 3 aromatic rings. The first-order valence-electron chi connectivity index (χ1n) is 6.27. The van der Waals surface area contributed by atoms with Gasteiger partial charge in [-0.15, -0.1) is 0 Å². The Kier molecular flexibility index (Phi) is 3.83. The lowest BCUT2D eigenvalue weighted by Gasteiger charge is -2.10. The molecule has 0 fully saturated rings. The van der Waals surface area contributed by atoms with Crippen molar-refractivity contribution in [2.75, 3.05) is 0 Å². The summed E-state index contributed by atoms with van der Waals surface area (Å²) in [6.07, 6.45) is 5.36. The molecule has 0 bridgehead atoms. The Morgan fingerprint density at radius 1 is 0.750 bits per heavy atom. The number of pyridine rings is 3. The Morgan fingerprint density at radius 3 is 2.25 bits per heavy atom. The van der Waals surface area contributed by atoms with Crippen molar-refractivity contribution in [2.24, 2.45) is 0 Å². The quantitative estimate of drug-likeness (QED) is 0.680. The van der Waals surface area contributed by atoms with E-state index in [1.165, 1.54) is 0 Å². The van der Waals surface area contributed by atoms with Crippen LogP contribution in [0.15, 0.2) is 61.1 Å². The molecule has 0 aromatic carbocycles. The van der Waals surface area contributed by atoms with E-state index >= 15 is 0 Å². The Balaban J connectivity index is 2.20. The van der Waals surface area contributed by atoms with Crippen molar-refractivity contribution in [1.82, 2.24) is 15.0 Å². The van der Waals surface area contributed by atoms with E-state index in [9.17, 15) is 0 Å². The number of halogens is 1. The molecule has 98 valence electrons. The van der Waals surface area contributed by atoms with Gasteiger partial charge in [0.2, 0.25) is 0 Å². The molecule has 0 spiro atoms. The molecule has 3 nitrogen and oxygen atoms in total. The molecule has 0 saturated heterocycles. The number of rotatable bonds is 3. The minimum atomic E-state index is 0.744. The van der Waals surface area contributed by atoms with E-state index in [2.05, 4.69) is 30.9 Å². The van der Waals surface area contributed by atoms with Crippen molar-refractivity contribution in [3.8, 4) is 22.6 Å². The zero-order valence-corrected chi connectivity index (χ0v) is 12.3. The van der Waals surface area contributed by atoms with Gasteiger partial charge in [0.15, 0.2) is 0 Å². The molecule has 3 rings (SSSR count). The Morgan fingerprint density at radius 2 is 1.50 bits per heavy atom. The van der Waals surface area contributed by atoms with Crippen molar-refractivity contribution in [3.05, 3.63) is 66.6 Å². The van der Waals surface area contributed by atoms with Crippen LogP contribution in [-0.4, -0.2) is 15.0 Å². The van der Waals surface area contributed by atoms with Crippen LogP contribution in [0, 0.1) is 0 Å². The van der Waals surface area contributed by atoms with Gasteiger partial charge in [0.05, 0.1) is 17.1 Å². The summed E-state index contributed by atoms with van der Waals surface area (Å²) in [6.45, 7) is 0. The van der Waals surface area contributed by atoms with Crippen LogP contribution in [0.2, 0.25) is 0 Å². The highest BCUT2D eigenvalue weighted by Gasteiger charge is 2.13. The summed E-state index contributed by atoms with van der Waals surface area (Å²) in [5.74, 6) is 0. The van der Waals surface area contributed by atoms with Gasteiger partial charge in [0.25, 0.3) is 0 Å². The third-order valence-corrected chi connectivity index (χ3v) is 3.61. The van der Waals surface area contributed by atoms with E-state index in [-0.39, 0.29) is 0 Å². The summed E-state index contributed by atoms with van der Waals surface area (Å²) >= 11 is 3.50. The average molecular weight is 326 g/mol. The number of nitrogens with zero attached hydrogens (tertiary/aromatic N) is 3. The molecule has 0 N–H and O–H groups in total. The fourth-order valence-corrected chi connectivity index (χ4v) is 2.53. The van der Waals surface area contributed by atoms with Crippen LogP contribution >= 0.6 is 15.9 Å². The molecule has 0 amide bonds. The molecule has 3 aromatic heterocycles. The first-order chi connectivity index (χ1) is 9.90. The summed E-state index contributed by atoms with van der Waals surface area (Å²) in [5.41, 5.74) is 4.77. The Bertz CT molecular complexity index is 714. The van der Waals surface area contributed by atoms with E-state index in [4.69, 9.17) is 0 Å². The van der Waals surface area contributed by atoms with Gasteiger partial charge in [-0.25, -0.2) is 0 Å². The molecule has 4 heteroatoms. The normalized spacial score (nSPS) is 10.4. The zero-order chi connectivity index (χ0) is 13.8. The monoisotopic (exact) mass is 325 g/mol. The van der Waals surface area contributed by atoms with Crippen molar-refractivity contribution in [2.45, 2.75) is 5.33 Å². The standard InChI is InChI=1S/C16H12BrN3/c17-11-12-5-3-9-19-15(12)16-13(6-4-10-20-16)14-7-1-2-8-18-14/h1-10H,11H2. The van der Waals surface area contributed by atoms with E-state index < -0.39 is 0 Å². The molecule has 3 heterocycles. The average Bonchev–Trinajstić information content (AvgIpc) is 2.55. The predicted octanol–water partition coefficient (Wildman–Crippen LogP) is 4.10. The third kappa shape index (κ3) is 2.47. The minimum absolute atomic E-state index is 0.744. The van der Waals surface area contributed by atoms with Crippen LogP contribution < -0.4 is 0 Å². The highest BCUT2D eigenvalue weighted by molar-refractivity contribution is 9.08. The fourth-order valence-electron chi connectivity index (χ4n) is 2.08. The molecule has 0 saturated carbocycles. The maximum Gasteiger partial charge on any atom is 0.0983 e. The van der Waals surface area contributed by atoms with Crippen LogP contribution in [-0.2, 0) is 5.33 Å². The second kappa shape index (κ2) is 5.92. The lowest BCUT2D eigenvalue weighted by Crippen LogP contribution is -1.96. The SMILES string of the molecule is BrCc1cccnc1-c1ncccc1-c1ccccn1. The van der Waals surface area contributed by atoms with Gasteiger partial charge in [-0.05, 0) is 35.9 Å². The van der Waals surface area contributed by atoms with Crippen LogP contribution in [0.4, 0.5) is 0 Å². The number of aromatic nitrogens is 3. The van der Waals surface area contributed by atoms with E-state index in [0.717, 1.165) is 33.5 Å². The van der Waals surface area contributed by atoms with E-state index in [1.807, 2.05) is 42.5 Å².